The molecule has 0 saturated carbocycles. The third-order valence-electron chi connectivity index (χ3n) is 4.55. The molecule has 176 valence electrons. The zero-order chi connectivity index (χ0) is 25.0. The van der Waals surface area contributed by atoms with Crippen LogP contribution in [0.1, 0.15) is 42.9 Å². The second-order valence-corrected chi connectivity index (χ2v) is 8.68. The molecule has 2 N–H and O–H groups in total. The summed E-state index contributed by atoms with van der Waals surface area (Å²) in [6, 6.07) is 9.75. The van der Waals surface area contributed by atoms with Gasteiger partial charge in [0.05, 0.1) is 32.6 Å². The molecule has 0 aliphatic rings. The molecule has 0 aliphatic carbocycles. The van der Waals surface area contributed by atoms with E-state index in [1.807, 2.05) is 0 Å². The molecule has 3 aromatic rings. The molecule has 3 rings (SSSR count). The van der Waals surface area contributed by atoms with E-state index in [2.05, 4.69) is 10.6 Å². The third-order valence-corrected chi connectivity index (χ3v) is 6.30. The summed E-state index contributed by atoms with van der Waals surface area (Å²) in [5.74, 6) is -1.94. The van der Waals surface area contributed by atoms with Gasteiger partial charge >= 0.3 is 5.97 Å². The highest BCUT2D eigenvalue weighted by Crippen LogP contribution is 2.35. The molecular formula is C22H17Cl2N3O6S. The molecule has 1 aromatic heterocycles. The number of thiophene rings is 1. The molecule has 12 heteroatoms. The molecule has 0 aliphatic heterocycles. The largest absolute Gasteiger partial charge is 0.462 e. The maximum atomic E-state index is 12.9. The van der Waals surface area contributed by atoms with Crippen molar-refractivity contribution < 1.29 is 24.0 Å². The van der Waals surface area contributed by atoms with E-state index in [1.165, 1.54) is 49.4 Å². The first-order chi connectivity index (χ1) is 16.1. The zero-order valence-corrected chi connectivity index (χ0v) is 20.1. The lowest BCUT2D eigenvalue weighted by atomic mass is 10.1. The number of hydrogen-bond donors (Lipinski definition) is 2. The topological polar surface area (TPSA) is 128 Å². The number of carbonyl (C=O) groups excluding carboxylic acids is 3. The first-order valence-corrected chi connectivity index (χ1v) is 11.3. The second kappa shape index (κ2) is 10.6. The van der Waals surface area contributed by atoms with E-state index >= 15 is 0 Å². The van der Waals surface area contributed by atoms with E-state index in [-0.39, 0.29) is 49.6 Å². The molecule has 34 heavy (non-hydrogen) atoms. The van der Waals surface area contributed by atoms with Gasteiger partial charge in [0.25, 0.3) is 17.5 Å². The number of nitrogens with one attached hydrogen (secondary N) is 2. The number of nitrogens with zero attached hydrogens (tertiary/aromatic N) is 1. The number of halogens is 2. The lowest BCUT2D eigenvalue weighted by Crippen LogP contribution is -2.15. The van der Waals surface area contributed by atoms with Crippen LogP contribution in [0.5, 0.6) is 0 Å². The van der Waals surface area contributed by atoms with Crippen LogP contribution in [0.25, 0.3) is 0 Å². The highest BCUT2D eigenvalue weighted by molar-refractivity contribution is 7.19. The van der Waals surface area contributed by atoms with Gasteiger partial charge < -0.3 is 15.4 Å². The summed E-state index contributed by atoms with van der Waals surface area (Å²) in [5.41, 5.74) is 0.428. The van der Waals surface area contributed by atoms with Crippen LogP contribution in [0.15, 0.2) is 42.5 Å². The van der Waals surface area contributed by atoms with Gasteiger partial charge in [-0.2, -0.15) is 0 Å². The summed E-state index contributed by atoms with van der Waals surface area (Å²) < 4.78 is 5.10. The van der Waals surface area contributed by atoms with Gasteiger partial charge in [0.15, 0.2) is 0 Å². The second-order valence-electron chi connectivity index (χ2n) is 6.82. The number of nitro benzene ring substituents is 1. The Balaban J connectivity index is 1.96. The Hall–Kier alpha value is -3.47. The van der Waals surface area contributed by atoms with E-state index in [0.717, 1.165) is 11.3 Å². The fraction of sp³-hybridized carbons (Fsp3) is 0.136. The molecule has 1 heterocycles. The van der Waals surface area contributed by atoms with Crippen molar-refractivity contribution in [3.05, 3.63) is 84.2 Å². The predicted molar refractivity (Wildman–Crippen MR) is 130 cm³/mol. The van der Waals surface area contributed by atoms with Gasteiger partial charge in [0.1, 0.15) is 5.00 Å². The molecule has 0 spiro atoms. The number of nitro groups is 1. The van der Waals surface area contributed by atoms with E-state index in [0.29, 0.717) is 5.02 Å². The minimum absolute atomic E-state index is 0.0227. The first-order valence-electron chi connectivity index (χ1n) is 9.75. The highest BCUT2D eigenvalue weighted by atomic mass is 35.5. The fourth-order valence-electron chi connectivity index (χ4n) is 3.00. The van der Waals surface area contributed by atoms with Gasteiger partial charge in [0, 0.05) is 22.8 Å². The van der Waals surface area contributed by atoms with Crippen LogP contribution >= 0.6 is 34.5 Å². The highest BCUT2D eigenvalue weighted by Gasteiger charge is 2.27. The van der Waals surface area contributed by atoms with E-state index in [1.54, 1.807) is 6.92 Å². The van der Waals surface area contributed by atoms with Crippen LogP contribution in [-0.2, 0) is 4.74 Å². The standard InChI is InChI=1S/C22H17Cl2N3O6S/c1-3-33-22(30)17-11(2)18(20(29)25-13-5-4-6-14(10-13)27(31)32)34-21(17)26-19(28)15-8-7-12(23)9-16(15)24/h4-10H,3H2,1-2H3,(H,25,29)(H,26,28). The Morgan fingerprint density at radius 1 is 1.09 bits per heavy atom. The molecule has 0 saturated heterocycles. The van der Waals surface area contributed by atoms with Crippen LogP contribution in [0.4, 0.5) is 16.4 Å². The van der Waals surface area contributed by atoms with Crippen molar-refractivity contribution in [2.24, 2.45) is 0 Å². The Kier molecular flexibility index (Phi) is 7.87. The van der Waals surface area contributed by atoms with Crippen molar-refractivity contribution >= 4 is 68.7 Å². The van der Waals surface area contributed by atoms with Gasteiger partial charge in [-0.1, -0.05) is 29.3 Å². The summed E-state index contributed by atoms with van der Waals surface area (Å²) in [6.45, 7) is 3.25. The molecule has 2 amide bonds. The van der Waals surface area contributed by atoms with Crippen molar-refractivity contribution in [2.45, 2.75) is 13.8 Å². The SMILES string of the molecule is CCOC(=O)c1c(NC(=O)c2ccc(Cl)cc2Cl)sc(C(=O)Nc2cccc([N+](=O)[O-])c2)c1C. The van der Waals surface area contributed by atoms with Crippen LogP contribution in [0.2, 0.25) is 10.0 Å². The van der Waals surface area contributed by atoms with Crippen molar-refractivity contribution in [1.29, 1.82) is 0 Å². The summed E-state index contributed by atoms with van der Waals surface area (Å²) >= 11 is 12.9. The van der Waals surface area contributed by atoms with Gasteiger partial charge in [0.2, 0.25) is 0 Å². The van der Waals surface area contributed by atoms with Gasteiger partial charge in [-0.25, -0.2) is 4.79 Å². The number of rotatable bonds is 7. The lowest BCUT2D eigenvalue weighted by Gasteiger charge is -2.08. The predicted octanol–water partition coefficient (Wildman–Crippen LogP) is 5.95. The number of benzene rings is 2. The van der Waals surface area contributed by atoms with E-state index in [9.17, 15) is 24.5 Å². The molecule has 0 bridgehead atoms. The quantitative estimate of drug-likeness (QED) is 0.224. The van der Waals surface area contributed by atoms with Gasteiger partial charge in [-0.3, -0.25) is 19.7 Å². The molecular weight excluding hydrogens is 505 g/mol. The van der Waals surface area contributed by atoms with Crippen LogP contribution < -0.4 is 10.6 Å². The number of hydrogen-bond acceptors (Lipinski definition) is 7. The van der Waals surface area contributed by atoms with Crippen LogP contribution in [0.3, 0.4) is 0 Å². The van der Waals surface area contributed by atoms with Crippen LogP contribution in [-0.4, -0.2) is 29.3 Å². The van der Waals surface area contributed by atoms with Gasteiger partial charge in [-0.05, 0) is 43.7 Å². The average molecular weight is 522 g/mol. The molecule has 0 fully saturated rings. The zero-order valence-electron chi connectivity index (χ0n) is 17.8. The lowest BCUT2D eigenvalue weighted by molar-refractivity contribution is -0.384. The maximum absolute atomic E-state index is 12.9. The number of anilines is 2. The number of amides is 2. The number of esters is 1. The first kappa shape index (κ1) is 25.2. The Bertz CT molecular complexity index is 1310. The average Bonchev–Trinajstić information content (AvgIpc) is 3.09. The molecule has 0 radical (unpaired) electrons. The molecule has 2 aromatic carbocycles. The van der Waals surface area contributed by atoms with Crippen molar-refractivity contribution in [3.8, 4) is 0 Å². The number of carbonyl (C=O) groups is 3. The van der Waals surface area contributed by atoms with E-state index < -0.39 is 22.7 Å². The fourth-order valence-corrected chi connectivity index (χ4v) is 4.58. The van der Waals surface area contributed by atoms with Crippen molar-refractivity contribution in [1.82, 2.24) is 0 Å². The summed E-state index contributed by atoms with van der Waals surface area (Å²) in [5, 5.41) is 16.7. The maximum Gasteiger partial charge on any atom is 0.341 e. The molecule has 0 unspecified atom stereocenters. The Morgan fingerprint density at radius 3 is 2.47 bits per heavy atom. The molecule has 0 atom stereocenters. The van der Waals surface area contributed by atoms with Crippen molar-refractivity contribution in [2.75, 3.05) is 17.2 Å². The van der Waals surface area contributed by atoms with E-state index in [4.69, 9.17) is 27.9 Å². The Labute approximate surface area is 207 Å². The molecule has 9 nitrogen and oxygen atoms in total. The number of ether oxygens (including phenoxy) is 1. The summed E-state index contributed by atoms with van der Waals surface area (Å²) in [7, 11) is 0. The van der Waals surface area contributed by atoms with Crippen molar-refractivity contribution in [3.63, 3.8) is 0 Å². The number of non-ortho nitro benzene ring substituents is 1. The smallest absolute Gasteiger partial charge is 0.341 e. The monoisotopic (exact) mass is 521 g/mol. The Morgan fingerprint density at radius 2 is 1.82 bits per heavy atom. The van der Waals surface area contributed by atoms with Crippen LogP contribution in [0, 0.1) is 17.0 Å². The summed E-state index contributed by atoms with van der Waals surface area (Å²) in [4.78, 5) is 48.9. The summed E-state index contributed by atoms with van der Waals surface area (Å²) in [6.07, 6.45) is 0. The normalized spacial score (nSPS) is 10.5. The third kappa shape index (κ3) is 5.53. The van der Waals surface area contributed by atoms with Gasteiger partial charge in [-0.15, -0.1) is 11.3 Å². The minimum atomic E-state index is -0.719. The minimum Gasteiger partial charge on any atom is -0.462 e.